The fraction of sp³-hybridized carbons (Fsp3) is 0.233. The molecule has 1 aromatic heterocycles. The zero-order valence-corrected chi connectivity index (χ0v) is 22.4. The Kier molecular flexibility index (Phi) is 9.08. The molecule has 0 aliphatic heterocycles. The van der Waals surface area contributed by atoms with E-state index in [1.807, 2.05) is 6.07 Å². The summed E-state index contributed by atoms with van der Waals surface area (Å²) in [7, 11) is 1.54. The largest absolute Gasteiger partial charge is 0.497 e. The smallest absolute Gasteiger partial charge is 0.429 e. The van der Waals surface area contributed by atoms with Crippen LogP contribution in [0, 0.1) is 0 Å². The molecule has 2 unspecified atom stereocenters. The number of nitrogen functional groups attached to an aromatic ring is 1. The molecule has 0 bridgehead atoms. The van der Waals surface area contributed by atoms with E-state index in [0.29, 0.717) is 16.9 Å². The van der Waals surface area contributed by atoms with Gasteiger partial charge in [0.1, 0.15) is 11.8 Å². The molecule has 41 heavy (non-hydrogen) atoms. The Bertz CT molecular complexity index is 1480. The molecule has 214 valence electrons. The van der Waals surface area contributed by atoms with E-state index in [1.54, 1.807) is 61.5 Å². The van der Waals surface area contributed by atoms with Crippen LogP contribution in [0.1, 0.15) is 24.2 Å². The van der Waals surface area contributed by atoms with Gasteiger partial charge >= 0.3 is 12.1 Å². The number of halogens is 3. The van der Waals surface area contributed by atoms with Crippen LogP contribution < -0.4 is 20.9 Å². The molecule has 4 aromatic rings. The van der Waals surface area contributed by atoms with Gasteiger partial charge in [0.05, 0.1) is 19.4 Å². The van der Waals surface area contributed by atoms with Gasteiger partial charge < -0.3 is 25.7 Å². The van der Waals surface area contributed by atoms with Crippen LogP contribution in [0.4, 0.5) is 19.1 Å². The molecule has 1 heterocycles. The lowest BCUT2D eigenvalue weighted by atomic mass is 10.0. The van der Waals surface area contributed by atoms with Crippen LogP contribution in [0.5, 0.6) is 11.6 Å². The summed E-state index contributed by atoms with van der Waals surface area (Å²) < 4.78 is 57.9. The number of anilines is 1. The number of esters is 1. The molecule has 11 heteroatoms. The number of benzene rings is 3. The van der Waals surface area contributed by atoms with E-state index in [9.17, 15) is 18.0 Å². The first-order chi connectivity index (χ1) is 19.6. The van der Waals surface area contributed by atoms with Crippen LogP contribution in [0.25, 0.3) is 22.4 Å². The maximum absolute atomic E-state index is 14.1. The second-order valence-corrected chi connectivity index (χ2v) is 9.10. The van der Waals surface area contributed by atoms with Crippen molar-refractivity contribution in [3.8, 4) is 34.0 Å². The summed E-state index contributed by atoms with van der Waals surface area (Å²) in [5.74, 6) is -0.452. The number of carbonyl (C=O) groups excluding carboxylic acids is 1. The number of carbonyl (C=O) groups is 1. The maximum atomic E-state index is 14.1. The highest BCUT2D eigenvalue weighted by molar-refractivity contribution is 5.76. The Balaban J connectivity index is 1.55. The number of hydrogen-bond acceptors (Lipinski definition) is 8. The van der Waals surface area contributed by atoms with Crippen LogP contribution in [0.3, 0.4) is 0 Å². The van der Waals surface area contributed by atoms with Crippen molar-refractivity contribution >= 4 is 11.9 Å². The average molecular weight is 567 g/mol. The number of alkyl halides is 3. The molecule has 0 aliphatic rings. The lowest BCUT2D eigenvalue weighted by Crippen LogP contribution is -2.34. The SMILES string of the molecule is CCOC(=O)C(N)Cc1ccc(-c2cc(OC(c3ccc(-c4cccc(OC)c4)cc3)C(F)(F)F)nc(N)n2)cc1. The molecular formula is C30H29F3N4O4. The number of ether oxygens (including phenoxy) is 3. The molecule has 0 amide bonds. The van der Waals surface area contributed by atoms with Crippen molar-refractivity contribution in [1.29, 1.82) is 0 Å². The summed E-state index contributed by atoms with van der Waals surface area (Å²) in [5, 5.41) is 0. The third-order valence-electron chi connectivity index (χ3n) is 6.17. The minimum Gasteiger partial charge on any atom is -0.497 e. The van der Waals surface area contributed by atoms with E-state index in [2.05, 4.69) is 9.97 Å². The molecule has 2 atom stereocenters. The van der Waals surface area contributed by atoms with Crippen molar-refractivity contribution in [2.75, 3.05) is 19.5 Å². The first-order valence-corrected chi connectivity index (χ1v) is 12.7. The number of rotatable bonds is 10. The van der Waals surface area contributed by atoms with Crippen molar-refractivity contribution in [2.45, 2.75) is 31.7 Å². The summed E-state index contributed by atoms with van der Waals surface area (Å²) in [5.41, 5.74) is 14.7. The van der Waals surface area contributed by atoms with Gasteiger partial charge in [0.25, 0.3) is 0 Å². The van der Waals surface area contributed by atoms with Crippen molar-refractivity contribution in [3.63, 3.8) is 0 Å². The Labute approximate surface area is 235 Å². The first-order valence-electron chi connectivity index (χ1n) is 12.7. The van der Waals surface area contributed by atoms with Gasteiger partial charge in [-0.05, 0) is 42.2 Å². The monoisotopic (exact) mass is 566 g/mol. The fourth-order valence-electron chi connectivity index (χ4n) is 4.15. The van der Waals surface area contributed by atoms with Crippen molar-refractivity contribution in [3.05, 3.63) is 90.0 Å². The van der Waals surface area contributed by atoms with Gasteiger partial charge in [-0.25, -0.2) is 4.98 Å². The lowest BCUT2D eigenvalue weighted by Gasteiger charge is -2.22. The highest BCUT2D eigenvalue weighted by Gasteiger charge is 2.43. The number of nitrogens with two attached hydrogens (primary N) is 2. The summed E-state index contributed by atoms with van der Waals surface area (Å²) >= 11 is 0. The number of methoxy groups -OCH3 is 1. The Morgan fingerprint density at radius 2 is 1.61 bits per heavy atom. The van der Waals surface area contributed by atoms with E-state index in [1.165, 1.54) is 25.3 Å². The summed E-state index contributed by atoms with van der Waals surface area (Å²) in [4.78, 5) is 19.8. The van der Waals surface area contributed by atoms with Gasteiger partial charge in [0.15, 0.2) is 0 Å². The molecule has 0 aliphatic carbocycles. The fourth-order valence-corrected chi connectivity index (χ4v) is 4.15. The molecule has 4 rings (SSSR count). The van der Waals surface area contributed by atoms with E-state index in [-0.39, 0.29) is 36.1 Å². The number of aromatic nitrogens is 2. The van der Waals surface area contributed by atoms with E-state index in [0.717, 1.165) is 11.1 Å². The third-order valence-corrected chi connectivity index (χ3v) is 6.17. The molecule has 0 radical (unpaired) electrons. The standard InChI is InChI=1S/C30H29F3N4O4/c1-3-40-28(38)24(34)15-18-7-9-20(10-8-18)25-17-26(37-29(35)36-25)41-27(30(31,32)33)21-13-11-19(12-14-21)22-5-4-6-23(16-22)39-2/h4-14,16-17,24,27H,3,15,34H2,1-2H3,(H2,35,36,37). The molecule has 8 nitrogen and oxygen atoms in total. The molecule has 0 fully saturated rings. The zero-order valence-electron chi connectivity index (χ0n) is 22.4. The first kappa shape index (κ1) is 29.3. The van der Waals surface area contributed by atoms with Crippen molar-refractivity contribution < 1.29 is 32.2 Å². The second-order valence-electron chi connectivity index (χ2n) is 9.10. The third kappa shape index (κ3) is 7.52. The van der Waals surface area contributed by atoms with Crippen LogP contribution in [0.15, 0.2) is 78.9 Å². The van der Waals surface area contributed by atoms with Gasteiger partial charge in [0, 0.05) is 17.2 Å². The van der Waals surface area contributed by atoms with Gasteiger partial charge in [0.2, 0.25) is 17.9 Å². The molecule has 3 aromatic carbocycles. The normalized spacial score (nSPS) is 12.8. The van der Waals surface area contributed by atoms with E-state index < -0.39 is 24.3 Å². The quantitative estimate of drug-likeness (QED) is 0.241. The summed E-state index contributed by atoms with van der Waals surface area (Å²) in [6.07, 6.45) is -6.78. The molecule has 0 spiro atoms. The predicted molar refractivity (Wildman–Crippen MR) is 148 cm³/mol. The second kappa shape index (κ2) is 12.7. The van der Waals surface area contributed by atoms with E-state index >= 15 is 0 Å². The minimum absolute atomic E-state index is 0.106. The molecular weight excluding hydrogens is 537 g/mol. The topological polar surface area (TPSA) is 123 Å². The Hall–Kier alpha value is -4.64. The van der Waals surface area contributed by atoms with Gasteiger partial charge in [-0.3, -0.25) is 4.79 Å². The van der Waals surface area contributed by atoms with E-state index in [4.69, 9.17) is 25.7 Å². The average Bonchev–Trinajstić information content (AvgIpc) is 2.95. The Morgan fingerprint density at radius 3 is 2.24 bits per heavy atom. The van der Waals surface area contributed by atoms with Crippen molar-refractivity contribution in [1.82, 2.24) is 9.97 Å². The molecule has 0 saturated heterocycles. The van der Waals surface area contributed by atoms with Crippen molar-refractivity contribution in [2.24, 2.45) is 5.73 Å². The van der Waals surface area contributed by atoms with Crippen LogP contribution >= 0.6 is 0 Å². The van der Waals surface area contributed by atoms with Crippen LogP contribution in [-0.2, 0) is 16.0 Å². The number of hydrogen-bond donors (Lipinski definition) is 2. The summed E-state index contributed by atoms with van der Waals surface area (Å²) in [6.45, 7) is 1.93. The zero-order chi connectivity index (χ0) is 29.6. The van der Waals surface area contributed by atoms with Crippen LogP contribution in [-0.4, -0.2) is 41.9 Å². The number of nitrogens with zero attached hydrogens (tertiary/aromatic N) is 2. The predicted octanol–water partition coefficient (Wildman–Crippen LogP) is 5.52. The Morgan fingerprint density at radius 1 is 0.927 bits per heavy atom. The maximum Gasteiger partial charge on any atom is 0.429 e. The molecule has 0 saturated carbocycles. The van der Waals surface area contributed by atoms with Crippen LogP contribution in [0.2, 0.25) is 0 Å². The molecule has 4 N–H and O–H groups in total. The highest BCUT2D eigenvalue weighted by atomic mass is 19.4. The van der Waals surface area contributed by atoms with Gasteiger partial charge in [-0.15, -0.1) is 0 Å². The highest BCUT2D eigenvalue weighted by Crippen LogP contribution is 2.38. The van der Waals surface area contributed by atoms with Gasteiger partial charge in [-0.1, -0.05) is 60.7 Å². The summed E-state index contributed by atoms with van der Waals surface area (Å²) in [6, 6.07) is 20.4. The minimum atomic E-state index is -4.74. The van der Waals surface area contributed by atoms with Gasteiger partial charge in [-0.2, -0.15) is 18.2 Å². The lowest BCUT2D eigenvalue weighted by molar-refractivity contribution is -0.198.